The summed E-state index contributed by atoms with van der Waals surface area (Å²) in [6.07, 6.45) is 0.635. The average Bonchev–Trinajstić information content (AvgIpc) is 2.47. The molecule has 0 radical (unpaired) electrons. The number of amides is 1. The molecular weight excluding hydrogens is 190 g/mol. The Bertz CT molecular complexity index is 218. The van der Waals surface area contributed by atoms with E-state index in [-0.39, 0.29) is 12.0 Å². The highest BCUT2D eigenvalue weighted by molar-refractivity contribution is 6.29. The highest BCUT2D eigenvalue weighted by Gasteiger charge is 2.30. The fraction of sp³-hybridized carbons (Fsp3) is 0.667. The van der Waals surface area contributed by atoms with Crippen molar-refractivity contribution in [3.8, 4) is 0 Å². The van der Waals surface area contributed by atoms with E-state index in [4.69, 9.17) is 16.3 Å². The van der Waals surface area contributed by atoms with Gasteiger partial charge in [-0.15, -0.1) is 0 Å². The Kier molecular flexibility index (Phi) is 3.75. The first-order valence-electron chi connectivity index (χ1n) is 4.34. The van der Waals surface area contributed by atoms with E-state index >= 15 is 0 Å². The summed E-state index contributed by atoms with van der Waals surface area (Å²) >= 11 is 5.51. The van der Waals surface area contributed by atoms with E-state index in [9.17, 15) is 4.79 Å². The third kappa shape index (κ3) is 3.01. The summed E-state index contributed by atoms with van der Waals surface area (Å²) < 4.78 is 5.27. The van der Waals surface area contributed by atoms with Crippen molar-refractivity contribution < 1.29 is 9.53 Å². The smallest absolute Gasteiger partial charge is 0.249 e. The molecule has 1 aliphatic heterocycles. The summed E-state index contributed by atoms with van der Waals surface area (Å²) in [5.74, 6) is 0.204. The zero-order chi connectivity index (χ0) is 9.84. The van der Waals surface area contributed by atoms with Crippen molar-refractivity contribution in [1.29, 1.82) is 0 Å². The molecule has 0 aromatic heterocycles. The van der Waals surface area contributed by atoms with E-state index in [2.05, 4.69) is 11.9 Å². The average molecular weight is 204 g/mol. The van der Waals surface area contributed by atoms with Crippen LogP contribution in [0.4, 0.5) is 0 Å². The predicted octanol–water partition coefficient (Wildman–Crippen LogP) is 1.28. The molecule has 1 heterocycles. The molecule has 13 heavy (non-hydrogen) atoms. The van der Waals surface area contributed by atoms with Gasteiger partial charge in [-0.25, -0.2) is 0 Å². The standard InChI is InChI=1S/C9H14ClNO2/c1-6-3-4-13-8(6)9(12)11-5-7(2)10/h6,8H,2-5H2,1H3,(H,11,12)/t6-,8+/m1/s1. The topological polar surface area (TPSA) is 38.3 Å². The highest BCUT2D eigenvalue weighted by Crippen LogP contribution is 2.19. The van der Waals surface area contributed by atoms with Crippen LogP contribution in [0.2, 0.25) is 0 Å². The Labute approximate surface area is 83.1 Å². The molecule has 0 saturated carbocycles. The SMILES string of the molecule is C=C(Cl)CNC(=O)[C@H]1OCC[C@H]1C. The quantitative estimate of drug-likeness (QED) is 0.751. The van der Waals surface area contributed by atoms with Gasteiger partial charge in [-0.05, 0) is 12.3 Å². The van der Waals surface area contributed by atoms with E-state index < -0.39 is 0 Å². The normalized spacial score (nSPS) is 27.2. The lowest BCUT2D eigenvalue weighted by molar-refractivity contribution is -0.131. The summed E-state index contributed by atoms with van der Waals surface area (Å²) in [4.78, 5) is 11.4. The summed E-state index contributed by atoms with van der Waals surface area (Å²) in [5, 5.41) is 3.09. The Morgan fingerprint density at radius 2 is 2.46 bits per heavy atom. The molecule has 0 unspecified atom stereocenters. The zero-order valence-electron chi connectivity index (χ0n) is 7.68. The first-order chi connectivity index (χ1) is 6.11. The second-order valence-electron chi connectivity index (χ2n) is 3.29. The molecule has 1 fully saturated rings. The molecule has 1 rings (SSSR count). The summed E-state index contributed by atoms with van der Waals surface area (Å²) in [6, 6.07) is 0. The minimum Gasteiger partial charge on any atom is -0.368 e. The van der Waals surface area contributed by atoms with Crippen LogP contribution in [0.1, 0.15) is 13.3 Å². The predicted molar refractivity (Wildman–Crippen MR) is 51.5 cm³/mol. The molecule has 1 saturated heterocycles. The molecule has 3 nitrogen and oxygen atoms in total. The number of halogens is 1. The van der Waals surface area contributed by atoms with Crippen molar-refractivity contribution >= 4 is 17.5 Å². The molecule has 0 spiro atoms. The van der Waals surface area contributed by atoms with Gasteiger partial charge in [0.15, 0.2) is 0 Å². The zero-order valence-corrected chi connectivity index (χ0v) is 8.43. The molecule has 0 bridgehead atoms. The maximum Gasteiger partial charge on any atom is 0.249 e. The van der Waals surface area contributed by atoms with E-state index in [1.54, 1.807) is 0 Å². The largest absolute Gasteiger partial charge is 0.368 e. The van der Waals surface area contributed by atoms with E-state index in [0.717, 1.165) is 6.42 Å². The fourth-order valence-corrected chi connectivity index (χ4v) is 1.38. The number of hydrogen-bond acceptors (Lipinski definition) is 2. The van der Waals surface area contributed by atoms with Gasteiger partial charge in [0.1, 0.15) is 6.10 Å². The van der Waals surface area contributed by atoms with Gasteiger partial charge in [-0.2, -0.15) is 0 Å². The van der Waals surface area contributed by atoms with Crippen molar-refractivity contribution in [3.05, 3.63) is 11.6 Å². The van der Waals surface area contributed by atoms with Gasteiger partial charge in [-0.1, -0.05) is 25.1 Å². The fourth-order valence-electron chi connectivity index (χ4n) is 1.31. The van der Waals surface area contributed by atoms with Gasteiger partial charge in [0, 0.05) is 11.6 Å². The number of carbonyl (C=O) groups excluding carboxylic acids is 1. The first-order valence-corrected chi connectivity index (χ1v) is 4.71. The first kappa shape index (κ1) is 10.5. The summed E-state index contributed by atoms with van der Waals surface area (Å²) in [7, 11) is 0. The maximum atomic E-state index is 11.4. The van der Waals surface area contributed by atoms with Crippen LogP contribution in [0.25, 0.3) is 0 Å². The van der Waals surface area contributed by atoms with Gasteiger partial charge >= 0.3 is 0 Å². The van der Waals surface area contributed by atoms with Crippen molar-refractivity contribution in [1.82, 2.24) is 5.32 Å². The maximum absolute atomic E-state index is 11.4. The third-order valence-corrected chi connectivity index (χ3v) is 2.23. The highest BCUT2D eigenvalue weighted by atomic mass is 35.5. The molecule has 4 heteroatoms. The Morgan fingerprint density at radius 3 is 2.92 bits per heavy atom. The summed E-state index contributed by atoms with van der Waals surface area (Å²) in [5.41, 5.74) is 0. The molecule has 1 aliphatic rings. The Balaban J connectivity index is 2.34. The second-order valence-corrected chi connectivity index (χ2v) is 3.83. The Morgan fingerprint density at radius 1 is 1.77 bits per heavy atom. The van der Waals surface area contributed by atoms with E-state index in [0.29, 0.717) is 24.1 Å². The molecule has 0 aromatic carbocycles. The molecule has 0 aliphatic carbocycles. The number of hydrogen-bond donors (Lipinski definition) is 1. The number of nitrogens with one attached hydrogen (secondary N) is 1. The van der Waals surface area contributed by atoms with Crippen molar-refractivity contribution in [2.75, 3.05) is 13.2 Å². The number of rotatable bonds is 3. The lowest BCUT2D eigenvalue weighted by atomic mass is 10.0. The lowest BCUT2D eigenvalue weighted by Gasteiger charge is -2.13. The monoisotopic (exact) mass is 203 g/mol. The van der Waals surface area contributed by atoms with E-state index in [1.807, 2.05) is 6.92 Å². The minimum absolute atomic E-state index is 0.0909. The van der Waals surface area contributed by atoms with Crippen molar-refractivity contribution in [2.45, 2.75) is 19.4 Å². The van der Waals surface area contributed by atoms with Crippen LogP contribution in [0.3, 0.4) is 0 Å². The van der Waals surface area contributed by atoms with Gasteiger partial charge in [-0.3, -0.25) is 4.79 Å². The minimum atomic E-state index is -0.309. The van der Waals surface area contributed by atoms with E-state index in [1.165, 1.54) is 0 Å². The molecular formula is C9H14ClNO2. The Hall–Kier alpha value is -0.540. The van der Waals surface area contributed by atoms with Gasteiger partial charge < -0.3 is 10.1 Å². The van der Waals surface area contributed by atoms with Crippen molar-refractivity contribution in [3.63, 3.8) is 0 Å². The second kappa shape index (κ2) is 4.63. The lowest BCUT2D eigenvalue weighted by Crippen LogP contribution is -2.37. The number of carbonyl (C=O) groups is 1. The van der Waals surface area contributed by atoms with Crippen LogP contribution in [-0.4, -0.2) is 25.2 Å². The molecule has 2 atom stereocenters. The van der Waals surface area contributed by atoms with Crippen LogP contribution >= 0.6 is 11.6 Å². The van der Waals surface area contributed by atoms with Crippen LogP contribution in [0.5, 0.6) is 0 Å². The number of ether oxygens (including phenoxy) is 1. The van der Waals surface area contributed by atoms with Gasteiger partial charge in [0.2, 0.25) is 5.91 Å². The molecule has 1 N–H and O–H groups in total. The molecule has 1 amide bonds. The molecule has 0 aromatic rings. The van der Waals surface area contributed by atoms with Gasteiger partial charge in [0.25, 0.3) is 0 Å². The van der Waals surface area contributed by atoms with Crippen LogP contribution < -0.4 is 5.32 Å². The summed E-state index contributed by atoms with van der Waals surface area (Å²) in [6.45, 7) is 6.47. The van der Waals surface area contributed by atoms with Crippen LogP contribution in [0.15, 0.2) is 11.6 Å². The third-order valence-electron chi connectivity index (χ3n) is 2.10. The van der Waals surface area contributed by atoms with Gasteiger partial charge in [0.05, 0.1) is 6.54 Å². The van der Waals surface area contributed by atoms with Crippen molar-refractivity contribution in [2.24, 2.45) is 5.92 Å². The van der Waals surface area contributed by atoms with Crippen LogP contribution in [-0.2, 0) is 9.53 Å². The molecule has 74 valence electrons. The van der Waals surface area contributed by atoms with Crippen LogP contribution in [0, 0.1) is 5.92 Å².